The van der Waals surface area contributed by atoms with Crippen molar-refractivity contribution < 1.29 is 9.47 Å². The van der Waals surface area contributed by atoms with Crippen LogP contribution in [0.1, 0.15) is 5.56 Å². The van der Waals surface area contributed by atoms with E-state index in [2.05, 4.69) is 22.1 Å². The molecule has 0 saturated carbocycles. The highest BCUT2D eigenvalue weighted by Gasteiger charge is 2.05. The van der Waals surface area contributed by atoms with Gasteiger partial charge in [0, 0.05) is 10.9 Å². The Hall–Kier alpha value is -3.12. The molecule has 132 valence electrons. The minimum absolute atomic E-state index is 0.430. The lowest BCUT2D eigenvalue weighted by molar-refractivity contribution is 0.326. The molecule has 0 spiro atoms. The third kappa shape index (κ3) is 4.49. The average Bonchev–Trinajstić information content (AvgIpc) is 3.16. The molecule has 3 aromatic rings. The van der Waals surface area contributed by atoms with Crippen LogP contribution in [0.3, 0.4) is 0 Å². The smallest absolute Gasteiger partial charge is 0.203 e. The van der Waals surface area contributed by atoms with Gasteiger partial charge in [-0.3, -0.25) is 5.43 Å². The third-order valence-electron chi connectivity index (χ3n) is 3.49. The topological polar surface area (TPSA) is 55.7 Å². The summed E-state index contributed by atoms with van der Waals surface area (Å²) in [6, 6.07) is 15.7. The van der Waals surface area contributed by atoms with E-state index in [0.29, 0.717) is 18.1 Å². The summed E-state index contributed by atoms with van der Waals surface area (Å²) in [7, 11) is 1.61. The summed E-state index contributed by atoms with van der Waals surface area (Å²) in [5.41, 5.74) is 5.86. The summed E-state index contributed by atoms with van der Waals surface area (Å²) in [4.78, 5) is 4.53. The van der Waals surface area contributed by atoms with Crippen molar-refractivity contribution in [3.63, 3.8) is 0 Å². The molecule has 1 N–H and O–H groups in total. The maximum atomic E-state index is 5.54. The molecule has 6 heteroatoms. The van der Waals surface area contributed by atoms with E-state index in [1.54, 1.807) is 19.4 Å². The van der Waals surface area contributed by atoms with Gasteiger partial charge in [0.15, 0.2) is 11.5 Å². The number of aromatic nitrogens is 1. The van der Waals surface area contributed by atoms with Gasteiger partial charge in [-0.2, -0.15) is 5.10 Å². The van der Waals surface area contributed by atoms with Crippen LogP contribution in [0.15, 0.2) is 71.7 Å². The number of methoxy groups -OCH3 is 1. The van der Waals surface area contributed by atoms with Gasteiger partial charge in [-0.15, -0.1) is 11.3 Å². The Morgan fingerprint density at radius 3 is 2.81 bits per heavy atom. The zero-order valence-electron chi connectivity index (χ0n) is 14.4. The quantitative estimate of drug-likeness (QED) is 0.353. The van der Waals surface area contributed by atoms with Crippen LogP contribution < -0.4 is 14.9 Å². The second-order valence-electron chi connectivity index (χ2n) is 5.28. The minimum atomic E-state index is 0.430. The van der Waals surface area contributed by atoms with Crippen LogP contribution >= 0.6 is 11.3 Å². The Bertz CT molecular complexity index is 891. The van der Waals surface area contributed by atoms with E-state index in [4.69, 9.17) is 9.47 Å². The molecular weight excluding hydrogens is 346 g/mol. The number of hydrogen-bond donors (Lipinski definition) is 1. The van der Waals surface area contributed by atoms with Gasteiger partial charge in [0.05, 0.1) is 19.0 Å². The molecule has 0 unspecified atom stereocenters. The molecule has 1 heterocycles. The fourth-order valence-electron chi connectivity index (χ4n) is 2.26. The number of nitrogens with one attached hydrogen (secondary N) is 1. The molecule has 0 radical (unpaired) electrons. The fraction of sp³-hybridized carbons (Fsp3) is 0.100. The van der Waals surface area contributed by atoms with Gasteiger partial charge < -0.3 is 9.47 Å². The molecule has 0 amide bonds. The number of rotatable bonds is 8. The lowest BCUT2D eigenvalue weighted by Gasteiger charge is -2.09. The second-order valence-corrected chi connectivity index (χ2v) is 6.14. The van der Waals surface area contributed by atoms with Gasteiger partial charge in [0.2, 0.25) is 5.13 Å². The Balaban J connectivity index is 1.65. The standard InChI is InChI=1S/C20H19N3O2S/c1-3-11-25-18-10-9-15(12-19(18)24-2)13-21-23-20-22-17(14-26-20)16-7-5-4-6-8-16/h3-10,12-14H,1,11H2,2H3,(H,22,23). The Morgan fingerprint density at radius 2 is 2.04 bits per heavy atom. The van der Waals surface area contributed by atoms with E-state index in [1.165, 1.54) is 11.3 Å². The van der Waals surface area contributed by atoms with Crippen LogP contribution in [0.25, 0.3) is 11.3 Å². The first-order valence-corrected chi connectivity index (χ1v) is 8.90. The molecular formula is C20H19N3O2S. The number of hydrazone groups is 1. The second kappa shape index (κ2) is 8.82. The highest BCUT2D eigenvalue weighted by Crippen LogP contribution is 2.28. The Labute approximate surface area is 156 Å². The number of ether oxygens (including phenoxy) is 2. The van der Waals surface area contributed by atoms with Crippen molar-refractivity contribution in [3.05, 3.63) is 72.1 Å². The molecule has 2 aromatic carbocycles. The highest BCUT2D eigenvalue weighted by molar-refractivity contribution is 7.14. The van der Waals surface area contributed by atoms with Crippen molar-refractivity contribution in [2.45, 2.75) is 0 Å². The van der Waals surface area contributed by atoms with Crippen molar-refractivity contribution in [2.75, 3.05) is 19.1 Å². The summed E-state index contributed by atoms with van der Waals surface area (Å²) in [5.74, 6) is 1.32. The minimum Gasteiger partial charge on any atom is -0.493 e. The predicted molar refractivity (Wildman–Crippen MR) is 107 cm³/mol. The Morgan fingerprint density at radius 1 is 1.19 bits per heavy atom. The number of nitrogens with zero attached hydrogens (tertiary/aromatic N) is 2. The summed E-state index contributed by atoms with van der Waals surface area (Å²) in [6.07, 6.45) is 3.40. The molecule has 0 atom stereocenters. The molecule has 0 bridgehead atoms. The molecule has 0 aliphatic carbocycles. The van der Waals surface area contributed by atoms with E-state index in [0.717, 1.165) is 22.0 Å². The van der Waals surface area contributed by atoms with Gasteiger partial charge in [0.25, 0.3) is 0 Å². The van der Waals surface area contributed by atoms with E-state index in [-0.39, 0.29) is 0 Å². The molecule has 0 aliphatic heterocycles. The van der Waals surface area contributed by atoms with E-state index < -0.39 is 0 Å². The van der Waals surface area contributed by atoms with Gasteiger partial charge in [-0.25, -0.2) is 4.98 Å². The maximum Gasteiger partial charge on any atom is 0.203 e. The zero-order valence-corrected chi connectivity index (χ0v) is 15.2. The van der Waals surface area contributed by atoms with Crippen molar-refractivity contribution in [2.24, 2.45) is 5.10 Å². The molecule has 26 heavy (non-hydrogen) atoms. The van der Waals surface area contributed by atoms with Crippen LogP contribution in [0, 0.1) is 0 Å². The van der Waals surface area contributed by atoms with Crippen LogP contribution in [0.5, 0.6) is 11.5 Å². The summed E-state index contributed by atoms with van der Waals surface area (Å²) in [5, 5.41) is 6.98. The van der Waals surface area contributed by atoms with Gasteiger partial charge in [0.1, 0.15) is 6.61 Å². The van der Waals surface area contributed by atoms with Crippen LogP contribution in [-0.2, 0) is 0 Å². The van der Waals surface area contributed by atoms with Crippen molar-refractivity contribution in [3.8, 4) is 22.8 Å². The number of hydrogen-bond acceptors (Lipinski definition) is 6. The average molecular weight is 365 g/mol. The number of anilines is 1. The van der Waals surface area contributed by atoms with E-state index in [1.807, 2.05) is 53.9 Å². The largest absolute Gasteiger partial charge is 0.493 e. The fourth-order valence-corrected chi connectivity index (χ4v) is 2.93. The molecule has 0 aliphatic rings. The zero-order chi connectivity index (χ0) is 18.2. The predicted octanol–water partition coefficient (Wildman–Crippen LogP) is 4.83. The molecule has 1 aromatic heterocycles. The van der Waals surface area contributed by atoms with Gasteiger partial charge in [-0.05, 0) is 23.8 Å². The molecule has 5 nitrogen and oxygen atoms in total. The molecule has 0 fully saturated rings. The molecule has 0 saturated heterocycles. The molecule has 3 rings (SSSR count). The van der Waals surface area contributed by atoms with E-state index in [9.17, 15) is 0 Å². The first-order chi connectivity index (χ1) is 12.8. The lowest BCUT2D eigenvalue weighted by Crippen LogP contribution is -1.97. The van der Waals surface area contributed by atoms with Crippen molar-refractivity contribution in [1.82, 2.24) is 4.98 Å². The number of benzene rings is 2. The highest BCUT2D eigenvalue weighted by atomic mass is 32.1. The first-order valence-electron chi connectivity index (χ1n) is 8.02. The van der Waals surface area contributed by atoms with E-state index >= 15 is 0 Å². The number of thiazole rings is 1. The lowest BCUT2D eigenvalue weighted by atomic mass is 10.2. The van der Waals surface area contributed by atoms with Crippen molar-refractivity contribution in [1.29, 1.82) is 0 Å². The Kier molecular flexibility index (Phi) is 6.01. The summed E-state index contributed by atoms with van der Waals surface area (Å²) in [6.45, 7) is 4.07. The first kappa shape index (κ1) is 17.7. The van der Waals surface area contributed by atoms with Gasteiger partial charge >= 0.3 is 0 Å². The summed E-state index contributed by atoms with van der Waals surface area (Å²) >= 11 is 1.51. The summed E-state index contributed by atoms with van der Waals surface area (Å²) < 4.78 is 10.9. The monoisotopic (exact) mass is 365 g/mol. The third-order valence-corrected chi connectivity index (χ3v) is 4.24. The SMILES string of the molecule is C=CCOc1ccc(C=NNc2nc(-c3ccccc3)cs2)cc1OC. The normalized spacial score (nSPS) is 10.7. The maximum absolute atomic E-state index is 5.54. The van der Waals surface area contributed by atoms with Crippen molar-refractivity contribution >= 4 is 22.7 Å². The van der Waals surface area contributed by atoms with Crippen LogP contribution in [-0.4, -0.2) is 24.9 Å². The van der Waals surface area contributed by atoms with Crippen LogP contribution in [0.2, 0.25) is 0 Å². The van der Waals surface area contributed by atoms with Crippen LogP contribution in [0.4, 0.5) is 5.13 Å². The van der Waals surface area contributed by atoms with Gasteiger partial charge in [-0.1, -0.05) is 43.0 Å².